The maximum Gasteiger partial charge on any atom is 0.237 e. The highest BCUT2D eigenvalue weighted by atomic mass is 19.1. The molecule has 0 bridgehead atoms. The number of amides is 1. The average Bonchev–Trinajstić information content (AvgIpc) is 2.88. The second-order valence-electron chi connectivity index (χ2n) is 4.59. The molecule has 1 heterocycles. The minimum Gasteiger partial charge on any atom is -0.489 e. The van der Waals surface area contributed by atoms with Gasteiger partial charge < -0.3 is 10.1 Å². The van der Waals surface area contributed by atoms with Crippen molar-refractivity contribution in [1.29, 1.82) is 0 Å². The molecule has 0 aliphatic carbocycles. The Labute approximate surface area is 112 Å². The summed E-state index contributed by atoms with van der Waals surface area (Å²) < 4.78 is 18.8. The Kier molecular flexibility index (Phi) is 4.74. The lowest BCUT2D eigenvalue weighted by Crippen LogP contribution is -2.43. The number of nitrogens with zero attached hydrogens (tertiary/aromatic N) is 1. The van der Waals surface area contributed by atoms with Gasteiger partial charge in [-0.25, -0.2) is 4.39 Å². The molecule has 1 aliphatic heterocycles. The molecule has 4 nitrogen and oxygen atoms in total. The molecule has 2 rings (SSSR count). The van der Waals surface area contributed by atoms with E-state index in [1.165, 1.54) is 6.07 Å². The summed E-state index contributed by atoms with van der Waals surface area (Å²) in [6.07, 6.45) is 1.89. The summed E-state index contributed by atoms with van der Waals surface area (Å²) in [6.45, 7) is 1.90. The number of carbonyl (C=O) groups excluding carboxylic acids is 1. The minimum atomic E-state index is -0.355. The number of rotatable bonds is 5. The third-order valence-electron chi connectivity index (χ3n) is 3.39. The van der Waals surface area contributed by atoms with Crippen molar-refractivity contribution in [2.75, 3.05) is 26.7 Å². The number of hydrogen-bond acceptors (Lipinski definition) is 3. The van der Waals surface area contributed by atoms with Gasteiger partial charge in [0.25, 0.3) is 0 Å². The van der Waals surface area contributed by atoms with Gasteiger partial charge in [-0.1, -0.05) is 12.1 Å². The smallest absolute Gasteiger partial charge is 0.237 e. The van der Waals surface area contributed by atoms with Crippen molar-refractivity contribution >= 4 is 5.91 Å². The van der Waals surface area contributed by atoms with Crippen LogP contribution >= 0.6 is 0 Å². The summed E-state index contributed by atoms with van der Waals surface area (Å²) >= 11 is 0. The molecule has 0 radical (unpaired) electrons. The van der Waals surface area contributed by atoms with Gasteiger partial charge in [-0.3, -0.25) is 9.69 Å². The lowest BCUT2D eigenvalue weighted by Gasteiger charge is -2.22. The van der Waals surface area contributed by atoms with Gasteiger partial charge in [-0.15, -0.1) is 0 Å². The molecule has 0 saturated carbocycles. The van der Waals surface area contributed by atoms with Gasteiger partial charge in [-0.2, -0.15) is 0 Å². The van der Waals surface area contributed by atoms with Crippen molar-refractivity contribution in [2.24, 2.45) is 0 Å². The third kappa shape index (κ3) is 3.44. The van der Waals surface area contributed by atoms with Crippen LogP contribution in [0.1, 0.15) is 12.8 Å². The van der Waals surface area contributed by atoms with E-state index in [1.807, 2.05) is 0 Å². The van der Waals surface area contributed by atoms with Gasteiger partial charge in [0.1, 0.15) is 6.61 Å². The molecule has 0 spiro atoms. The largest absolute Gasteiger partial charge is 0.489 e. The predicted molar refractivity (Wildman–Crippen MR) is 70.6 cm³/mol. The van der Waals surface area contributed by atoms with Crippen molar-refractivity contribution in [3.05, 3.63) is 30.1 Å². The Hall–Kier alpha value is -1.62. The summed E-state index contributed by atoms with van der Waals surface area (Å²) in [4.78, 5) is 13.7. The first-order chi connectivity index (χ1) is 9.22. The van der Waals surface area contributed by atoms with Crippen LogP contribution in [0.4, 0.5) is 4.39 Å². The van der Waals surface area contributed by atoms with Crippen LogP contribution < -0.4 is 10.1 Å². The van der Waals surface area contributed by atoms with Crippen LogP contribution in [-0.2, 0) is 4.79 Å². The Morgan fingerprint density at radius 3 is 3.05 bits per heavy atom. The van der Waals surface area contributed by atoms with E-state index in [4.69, 9.17) is 4.74 Å². The average molecular weight is 266 g/mol. The number of benzene rings is 1. The van der Waals surface area contributed by atoms with Crippen LogP contribution in [0.3, 0.4) is 0 Å². The van der Waals surface area contributed by atoms with Crippen LogP contribution in [0.25, 0.3) is 0 Å². The molecule has 0 unspecified atom stereocenters. The van der Waals surface area contributed by atoms with Crippen molar-refractivity contribution < 1.29 is 13.9 Å². The van der Waals surface area contributed by atoms with E-state index >= 15 is 0 Å². The first kappa shape index (κ1) is 13.8. The van der Waals surface area contributed by atoms with Crippen molar-refractivity contribution in [1.82, 2.24) is 10.2 Å². The summed E-state index contributed by atoms with van der Waals surface area (Å²) in [7, 11) is 1.65. The van der Waals surface area contributed by atoms with Crippen molar-refractivity contribution in [3.8, 4) is 5.75 Å². The molecular weight excluding hydrogens is 247 g/mol. The molecule has 1 amide bonds. The molecule has 104 valence electrons. The van der Waals surface area contributed by atoms with E-state index in [9.17, 15) is 9.18 Å². The maximum atomic E-state index is 13.3. The second kappa shape index (κ2) is 6.52. The number of hydrogen-bond donors (Lipinski definition) is 1. The molecule has 1 atom stereocenters. The Balaban J connectivity index is 1.82. The first-order valence-electron chi connectivity index (χ1n) is 6.55. The van der Waals surface area contributed by atoms with E-state index in [2.05, 4.69) is 10.2 Å². The standard InChI is InChI=1S/C14H19FN2O2/c1-16-14(18)12-6-4-8-17(12)9-10-19-13-7-3-2-5-11(13)15/h2-3,5,7,12H,4,6,8-10H2,1H3,(H,16,18)/t12-/m0/s1. The highest BCUT2D eigenvalue weighted by Gasteiger charge is 2.29. The van der Waals surface area contributed by atoms with Gasteiger partial charge in [0.05, 0.1) is 6.04 Å². The predicted octanol–water partition coefficient (Wildman–Crippen LogP) is 1.41. The normalized spacial score (nSPS) is 19.4. The maximum absolute atomic E-state index is 13.3. The fourth-order valence-electron chi connectivity index (χ4n) is 2.39. The van der Waals surface area contributed by atoms with E-state index in [-0.39, 0.29) is 23.5 Å². The van der Waals surface area contributed by atoms with Crippen molar-refractivity contribution in [2.45, 2.75) is 18.9 Å². The van der Waals surface area contributed by atoms with Gasteiger partial charge in [0, 0.05) is 13.6 Å². The van der Waals surface area contributed by atoms with Crippen LogP contribution in [0.15, 0.2) is 24.3 Å². The van der Waals surface area contributed by atoms with Crippen LogP contribution in [-0.4, -0.2) is 43.6 Å². The SMILES string of the molecule is CNC(=O)[C@@H]1CCCN1CCOc1ccccc1F. The molecule has 0 aromatic heterocycles. The lowest BCUT2D eigenvalue weighted by atomic mass is 10.2. The third-order valence-corrected chi connectivity index (χ3v) is 3.39. The minimum absolute atomic E-state index is 0.0448. The van der Waals surface area contributed by atoms with Crippen LogP contribution in [0.5, 0.6) is 5.75 Å². The molecule has 1 aromatic rings. The first-order valence-corrected chi connectivity index (χ1v) is 6.55. The monoisotopic (exact) mass is 266 g/mol. The molecule has 1 fully saturated rings. The number of ether oxygens (including phenoxy) is 1. The molecule has 1 N–H and O–H groups in total. The Morgan fingerprint density at radius 2 is 2.32 bits per heavy atom. The molecule has 19 heavy (non-hydrogen) atoms. The zero-order chi connectivity index (χ0) is 13.7. The fraction of sp³-hybridized carbons (Fsp3) is 0.500. The molecule has 5 heteroatoms. The Bertz CT molecular complexity index is 439. The number of para-hydroxylation sites is 1. The quantitative estimate of drug-likeness (QED) is 0.876. The summed E-state index contributed by atoms with van der Waals surface area (Å²) in [5.41, 5.74) is 0. The summed E-state index contributed by atoms with van der Waals surface area (Å²) in [6, 6.07) is 6.27. The summed E-state index contributed by atoms with van der Waals surface area (Å²) in [5, 5.41) is 2.67. The number of carbonyl (C=O) groups is 1. The lowest BCUT2D eigenvalue weighted by molar-refractivity contribution is -0.125. The fourth-order valence-corrected chi connectivity index (χ4v) is 2.39. The van der Waals surface area contributed by atoms with Crippen LogP contribution in [0, 0.1) is 5.82 Å². The summed E-state index contributed by atoms with van der Waals surface area (Å²) in [5.74, 6) is -0.0478. The highest BCUT2D eigenvalue weighted by molar-refractivity contribution is 5.81. The molecule has 1 aliphatic rings. The van der Waals surface area contributed by atoms with Crippen molar-refractivity contribution in [3.63, 3.8) is 0 Å². The van der Waals surface area contributed by atoms with Gasteiger partial charge in [-0.05, 0) is 31.5 Å². The number of likely N-dealkylation sites (N-methyl/N-ethyl adjacent to an activating group) is 1. The van der Waals surface area contributed by atoms with E-state index in [0.29, 0.717) is 13.2 Å². The van der Waals surface area contributed by atoms with E-state index in [1.54, 1.807) is 25.2 Å². The zero-order valence-electron chi connectivity index (χ0n) is 11.1. The van der Waals surface area contributed by atoms with Gasteiger partial charge >= 0.3 is 0 Å². The van der Waals surface area contributed by atoms with E-state index in [0.717, 1.165) is 19.4 Å². The van der Waals surface area contributed by atoms with Gasteiger partial charge in [0.2, 0.25) is 5.91 Å². The molecule has 1 aromatic carbocycles. The van der Waals surface area contributed by atoms with Crippen LogP contribution in [0.2, 0.25) is 0 Å². The number of likely N-dealkylation sites (tertiary alicyclic amines) is 1. The van der Waals surface area contributed by atoms with Gasteiger partial charge in [0.15, 0.2) is 11.6 Å². The molecule has 1 saturated heterocycles. The highest BCUT2D eigenvalue weighted by Crippen LogP contribution is 2.18. The topological polar surface area (TPSA) is 41.6 Å². The zero-order valence-corrected chi connectivity index (χ0v) is 11.1. The van der Waals surface area contributed by atoms with E-state index < -0.39 is 0 Å². The second-order valence-corrected chi connectivity index (χ2v) is 4.59. The number of nitrogens with one attached hydrogen (secondary N) is 1. The number of halogens is 1. The Morgan fingerprint density at radius 1 is 1.53 bits per heavy atom. The molecular formula is C14H19FN2O2.